The van der Waals surface area contributed by atoms with Gasteiger partial charge in [0, 0.05) is 17.4 Å². The van der Waals surface area contributed by atoms with E-state index in [-0.39, 0.29) is 17.8 Å². The first-order valence-electron chi connectivity index (χ1n) is 10.1. The Hall–Kier alpha value is -1.59. The Bertz CT molecular complexity index is 762. The molecule has 30 heavy (non-hydrogen) atoms. The van der Waals surface area contributed by atoms with Crippen LogP contribution >= 0.6 is 0 Å². The maximum Gasteiger partial charge on any atom is 0.334 e. The van der Waals surface area contributed by atoms with E-state index in [9.17, 15) is 30.3 Å². The number of carbonyl (C=O) groups is 1. The van der Waals surface area contributed by atoms with Gasteiger partial charge in [0.05, 0.1) is 18.8 Å². The molecule has 0 amide bonds. The molecule has 166 valence electrons. The molecule has 2 aliphatic heterocycles. The Kier molecular flexibility index (Phi) is 5.65. The minimum Gasteiger partial charge on any atom is -0.458 e. The van der Waals surface area contributed by atoms with Crippen LogP contribution in [0.2, 0.25) is 0 Å². The van der Waals surface area contributed by atoms with Crippen LogP contribution in [0.5, 0.6) is 0 Å². The molecule has 2 heterocycles. The van der Waals surface area contributed by atoms with Crippen molar-refractivity contribution in [1.82, 2.24) is 0 Å². The van der Waals surface area contributed by atoms with Crippen LogP contribution in [0, 0.1) is 17.8 Å². The average molecular weight is 424 g/mol. The summed E-state index contributed by atoms with van der Waals surface area (Å²) in [4.78, 5) is 12.1. The average Bonchev–Trinajstić information content (AvgIpc) is 3.15. The number of carbonyl (C=O) groups excluding carboxylic acids is 1. The summed E-state index contributed by atoms with van der Waals surface area (Å²) in [5, 5.41) is 50.2. The molecule has 0 radical (unpaired) electrons. The van der Waals surface area contributed by atoms with Crippen molar-refractivity contribution < 1.29 is 44.5 Å². The summed E-state index contributed by atoms with van der Waals surface area (Å²) in [7, 11) is 0. The predicted octanol–water partition coefficient (Wildman–Crippen LogP) is -1.22. The van der Waals surface area contributed by atoms with Crippen LogP contribution in [-0.2, 0) is 19.0 Å². The Balaban J connectivity index is 1.57. The largest absolute Gasteiger partial charge is 0.458 e. The van der Waals surface area contributed by atoms with Crippen molar-refractivity contribution in [3.05, 3.63) is 36.5 Å². The third-order valence-electron chi connectivity index (χ3n) is 6.97. The second-order valence-corrected chi connectivity index (χ2v) is 8.59. The van der Waals surface area contributed by atoms with Crippen molar-refractivity contribution in [3.63, 3.8) is 0 Å². The van der Waals surface area contributed by atoms with Crippen LogP contribution in [0.25, 0.3) is 0 Å². The standard InChI is InChI=1S/C21H28O9/c1-7-10-5-13(28-21-18(26)17(25)16(24)14(6-22)29-21)9(3)15(10)19-11(4-12(7)23)8(2)20(27)30-19/h10-19,21-26H,1-6H2/t10-,11-,12-,13-,14-,15-,16-,17+,18-,19-,21-/m0/s1. The molecular weight excluding hydrogens is 396 g/mol. The first kappa shape index (κ1) is 21.6. The minimum atomic E-state index is -1.55. The highest BCUT2D eigenvalue weighted by molar-refractivity contribution is 5.91. The highest BCUT2D eigenvalue weighted by Crippen LogP contribution is 2.53. The van der Waals surface area contributed by atoms with E-state index in [1.807, 2.05) is 0 Å². The van der Waals surface area contributed by atoms with Gasteiger partial charge in [-0.1, -0.05) is 19.7 Å². The van der Waals surface area contributed by atoms with Crippen molar-refractivity contribution in [2.24, 2.45) is 17.8 Å². The third-order valence-corrected chi connectivity index (χ3v) is 6.97. The van der Waals surface area contributed by atoms with E-state index >= 15 is 0 Å². The van der Waals surface area contributed by atoms with Gasteiger partial charge >= 0.3 is 5.97 Å². The maximum atomic E-state index is 12.1. The first-order chi connectivity index (χ1) is 14.1. The minimum absolute atomic E-state index is 0.268. The first-order valence-corrected chi connectivity index (χ1v) is 10.1. The SMILES string of the molecule is C=C1[C@@H]2[C@H]3OC(=O)C(=C)[C@@H]3C[C@H](O)C(=C)[C@@H]2C[C@@H]1O[C@H]1O[C@@H](CO)[C@H](O)[C@@H](O)[C@@H]1O. The van der Waals surface area contributed by atoms with Crippen LogP contribution in [-0.4, -0.2) is 87.1 Å². The molecule has 9 heteroatoms. The molecule has 4 fully saturated rings. The normalized spacial score (nSPS) is 48.9. The van der Waals surface area contributed by atoms with Crippen LogP contribution in [0.3, 0.4) is 0 Å². The molecule has 0 aromatic rings. The van der Waals surface area contributed by atoms with Crippen LogP contribution < -0.4 is 0 Å². The van der Waals surface area contributed by atoms with Gasteiger partial charge < -0.3 is 39.7 Å². The third kappa shape index (κ3) is 3.25. The van der Waals surface area contributed by atoms with Crippen LogP contribution in [0.15, 0.2) is 36.5 Å². The highest BCUT2D eigenvalue weighted by Gasteiger charge is 2.56. The lowest BCUT2D eigenvalue weighted by molar-refractivity contribution is -0.308. The van der Waals surface area contributed by atoms with E-state index in [0.717, 1.165) is 0 Å². The zero-order valence-corrected chi connectivity index (χ0v) is 16.5. The number of ether oxygens (including phenoxy) is 3. The fourth-order valence-corrected chi connectivity index (χ4v) is 5.18. The quantitative estimate of drug-likeness (QED) is 0.214. The molecule has 11 atom stereocenters. The summed E-state index contributed by atoms with van der Waals surface area (Å²) in [5.41, 5.74) is 1.52. The van der Waals surface area contributed by atoms with Gasteiger partial charge in [0.25, 0.3) is 0 Å². The maximum absolute atomic E-state index is 12.1. The Morgan fingerprint density at radius 2 is 1.67 bits per heavy atom. The number of esters is 1. The highest BCUT2D eigenvalue weighted by atomic mass is 16.7. The lowest BCUT2D eigenvalue weighted by atomic mass is 9.82. The van der Waals surface area contributed by atoms with E-state index in [2.05, 4.69) is 19.7 Å². The number of rotatable bonds is 3. The van der Waals surface area contributed by atoms with Crippen molar-refractivity contribution in [2.75, 3.05) is 6.61 Å². The summed E-state index contributed by atoms with van der Waals surface area (Å²) >= 11 is 0. The molecule has 4 aliphatic rings. The van der Waals surface area contributed by atoms with Crippen molar-refractivity contribution in [1.29, 1.82) is 0 Å². The van der Waals surface area contributed by atoms with E-state index < -0.39 is 61.6 Å². The lowest BCUT2D eigenvalue weighted by Gasteiger charge is -2.40. The summed E-state index contributed by atoms with van der Waals surface area (Å²) in [6.45, 7) is 11.4. The molecule has 0 spiro atoms. The van der Waals surface area contributed by atoms with Crippen molar-refractivity contribution >= 4 is 5.97 Å². The Morgan fingerprint density at radius 3 is 2.33 bits per heavy atom. The smallest absolute Gasteiger partial charge is 0.334 e. The molecule has 2 aliphatic carbocycles. The number of aliphatic hydroxyl groups excluding tert-OH is 5. The molecule has 9 nitrogen and oxygen atoms in total. The van der Waals surface area contributed by atoms with Crippen molar-refractivity contribution in [2.45, 2.75) is 61.9 Å². The number of fused-ring (bicyclic) bond motifs is 3. The number of hydrogen-bond acceptors (Lipinski definition) is 9. The zero-order valence-electron chi connectivity index (χ0n) is 16.5. The van der Waals surface area contributed by atoms with Gasteiger partial charge in [0.15, 0.2) is 6.29 Å². The van der Waals surface area contributed by atoms with Crippen LogP contribution in [0.1, 0.15) is 12.8 Å². The van der Waals surface area contributed by atoms with Gasteiger partial charge in [-0.05, 0) is 29.9 Å². The molecule has 0 bridgehead atoms. The second-order valence-electron chi connectivity index (χ2n) is 8.59. The molecule has 2 saturated heterocycles. The Labute approximate surface area is 173 Å². The second kappa shape index (κ2) is 7.83. The molecule has 0 unspecified atom stereocenters. The zero-order chi connectivity index (χ0) is 21.9. The summed E-state index contributed by atoms with van der Waals surface area (Å²) in [6, 6.07) is 0. The van der Waals surface area contributed by atoms with E-state index in [1.54, 1.807) is 0 Å². The summed E-state index contributed by atoms with van der Waals surface area (Å²) in [5.74, 6) is -1.47. The monoisotopic (exact) mass is 424 g/mol. The van der Waals surface area contributed by atoms with Gasteiger partial charge in [0.2, 0.25) is 0 Å². The number of aliphatic hydroxyl groups is 5. The predicted molar refractivity (Wildman–Crippen MR) is 102 cm³/mol. The topological polar surface area (TPSA) is 146 Å². The summed E-state index contributed by atoms with van der Waals surface area (Å²) in [6.07, 6.45) is -8.33. The van der Waals surface area contributed by atoms with Crippen LogP contribution in [0.4, 0.5) is 0 Å². The molecule has 0 aromatic carbocycles. The fraction of sp³-hybridized carbons (Fsp3) is 0.667. The molecule has 4 rings (SSSR count). The van der Waals surface area contributed by atoms with Gasteiger partial charge in [-0.2, -0.15) is 0 Å². The molecular formula is C21H28O9. The Morgan fingerprint density at radius 1 is 0.967 bits per heavy atom. The van der Waals surface area contributed by atoms with Crippen molar-refractivity contribution in [3.8, 4) is 0 Å². The summed E-state index contributed by atoms with van der Waals surface area (Å²) < 4.78 is 16.9. The van der Waals surface area contributed by atoms with E-state index in [0.29, 0.717) is 29.6 Å². The molecule has 0 aromatic heterocycles. The van der Waals surface area contributed by atoms with E-state index in [4.69, 9.17) is 14.2 Å². The van der Waals surface area contributed by atoms with Gasteiger partial charge in [-0.25, -0.2) is 4.79 Å². The van der Waals surface area contributed by atoms with E-state index in [1.165, 1.54) is 0 Å². The van der Waals surface area contributed by atoms with Gasteiger partial charge in [0.1, 0.15) is 30.5 Å². The van der Waals surface area contributed by atoms with Gasteiger partial charge in [-0.15, -0.1) is 0 Å². The lowest BCUT2D eigenvalue weighted by Crippen LogP contribution is -2.59. The molecule has 5 N–H and O–H groups in total. The van der Waals surface area contributed by atoms with Gasteiger partial charge in [-0.3, -0.25) is 0 Å². The fourth-order valence-electron chi connectivity index (χ4n) is 5.18. The number of hydrogen-bond donors (Lipinski definition) is 5. The molecule has 2 saturated carbocycles.